The molecule has 0 aliphatic heterocycles. The summed E-state index contributed by atoms with van der Waals surface area (Å²) in [4.78, 5) is 20.0. The first-order valence-electron chi connectivity index (χ1n) is 7.67. The molecule has 0 radical (unpaired) electrons. The number of aryl methyl sites for hydroxylation is 1. The van der Waals surface area contributed by atoms with Crippen LogP contribution in [0, 0.1) is 11.6 Å². The molecule has 3 aromatic rings. The zero-order valence-electron chi connectivity index (χ0n) is 14.3. The van der Waals surface area contributed by atoms with E-state index in [2.05, 4.69) is 35.6 Å². The highest BCUT2D eigenvalue weighted by Crippen LogP contribution is 2.21. The molecular formula is C15H15ClF2N8O. The van der Waals surface area contributed by atoms with Gasteiger partial charge in [0.25, 0.3) is 0 Å². The summed E-state index contributed by atoms with van der Waals surface area (Å²) in [6.07, 6.45) is 4.23. The molecule has 1 atom stereocenters. The molecule has 1 unspecified atom stereocenters. The van der Waals surface area contributed by atoms with Crippen molar-refractivity contribution in [2.24, 2.45) is 7.05 Å². The van der Waals surface area contributed by atoms with Gasteiger partial charge in [0.1, 0.15) is 17.3 Å². The summed E-state index contributed by atoms with van der Waals surface area (Å²) in [7, 11) is 3.25. The molecule has 0 saturated carbocycles. The van der Waals surface area contributed by atoms with Crippen LogP contribution in [-0.4, -0.2) is 43.2 Å². The first kappa shape index (κ1) is 18.9. The summed E-state index contributed by atoms with van der Waals surface area (Å²) < 4.78 is 34.0. The van der Waals surface area contributed by atoms with E-state index >= 15 is 0 Å². The van der Waals surface area contributed by atoms with Crippen molar-refractivity contribution >= 4 is 29.3 Å². The zero-order valence-corrected chi connectivity index (χ0v) is 15.1. The SMILES string of the molecule is COCC(Nc1nc(Cl)nc(Nc2cn(C)cn2)n1)c1ncc(F)cc1F. The Hall–Kier alpha value is -2.92. The third-order valence-corrected chi connectivity index (χ3v) is 3.52. The van der Waals surface area contributed by atoms with Gasteiger partial charge in [-0.25, -0.2) is 13.8 Å². The number of nitrogens with zero attached hydrogens (tertiary/aromatic N) is 6. The smallest absolute Gasteiger partial charge is 0.234 e. The normalized spacial score (nSPS) is 12.0. The van der Waals surface area contributed by atoms with Crippen molar-refractivity contribution in [1.82, 2.24) is 29.5 Å². The monoisotopic (exact) mass is 396 g/mol. The number of hydrogen-bond donors (Lipinski definition) is 2. The average Bonchev–Trinajstić information content (AvgIpc) is 2.99. The number of imidazole rings is 1. The van der Waals surface area contributed by atoms with E-state index < -0.39 is 17.7 Å². The first-order valence-corrected chi connectivity index (χ1v) is 8.05. The second-order valence-electron chi connectivity index (χ2n) is 5.47. The lowest BCUT2D eigenvalue weighted by Gasteiger charge is -2.18. The van der Waals surface area contributed by atoms with Gasteiger partial charge in [0.05, 0.1) is 25.2 Å². The highest BCUT2D eigenvalue weighted by molar-refractivity contribution is 6.28. The summed E-state index contributed by atoms with van der Waals surface area (Å²) in [5, 5.41) is 5.66. The highest BCUT2D eigenvalue weighted by Gasteiger charge is 2.20. The van der Waals surface area contributed by atoms with Crippen molar-refractivity contribution in [3.63, 3.8) is 0 Å². The first-order chi connectivity index (χ1) is 12.9. The predicted molar refractivity (Wildman–Crippen MR) is 93.7 cm³/mol. The molecule has 2 N–H and O–H groups in total. The van der Waals surface area contributed by atoms with Gasteiger partial charge in [-0.05, 0) is 11.6 Å². The van der Waals surface area contributed by atoms with Crippen LogP contribution < -0.4 is 10.6 Å². The molecule has 0 spiro atoms. The second kappa shape index (κ2) is 8.18. The molecule has 0 fully saturated rings. The van der Waals surface area contributed by atoms with E-state index in [1.54, 1.807) is 17.1 Å². The maximum Gasteiger partial charge on any atom is 0.234 e. The van der Waals surface area contributed by atoms with Gasteiger partial charge in [-0.2, -0.15) is 15.0 Å². The number of methoxy groups -OCH3 is 1. The van der Waals surface area contributed by atoms with E-state index in [1.807, 2.05) is 7.05 Å². The molecule has 0 aromatic carbocycles. The van der Waals surface area contributed by atoms with Crippen LogP contribution >= 0.6 is 11.6 Å². The van der Waals surface area contributed by atoms with Gasteiger partial charge in [0, 0.05) is 26.4 Å². The van der Waals surface area contributed by atoms with Crippen LogP contribution in [0.2, 0.25) is 5.28 Å². The Morgan fingerprint density at radius 3 is 2.67 bits per heavy atom. The van der Waals surface area contributed by atoms with Crippen LogP contribution in [0.4, 0.5) is 26.5 Å². The number of hydrogen-bond acceptors (Lipinski definition) is 8. The van der Waals surface area contributed by atoms with Crippen LogP contribution in [-0.2, 0) is 11.8 Å². The predicted octanol–water partition coefficient (Wildman–Crippen LogP) is 2.47. The average molecular weight is 397 g/mol. The van der Waals surface area contributed by atoms with Gasteiger partial charge < -0.3 is 19.9 Å². The van der Waals surface area contributed by atoms with Gasteiger partial charge in [-0.15, -0.1) is 0 Å². The van der Waals surface area contributed by atoms with Crippen LogP contribution in [0.1, 0.15) is 11.7 Å². The summed E-state index contributed by atoms with van der Waals surface area (Å²) in [5.74, 6) is -0.902. The largest absolute Gasteiger partial charge is 0.382 e. The van der Waals surface area contributed by atoms with E-state index in [1.165, 1.54) is 7.11 Å². The molecule has 0 amide bonds. The van der Waals surface area contributed by atoms with Crippen LogP contribution in [0.15, 0.2) is 24.8 Å². The maximum atomic E-state index is 14.1. The molecule has 0 aliphatic carbocycles. The molecule has 3 heterocycles. The Morgan fingerprint density at radius 2 is 2.00 bits per heavy atom. The summed E-state index contributed by atoms with van der Waals surface area (Å²) in [6, 6.07) is -0.0436. The molecule has 0 aliphatic rings. The molecule has 3 aromatic heterocycles. The fraction of sp³-hybridized carbons (Fsp3) is 0.267. The summed E-state index contributed by atoms with van der Waals surface area (Å²) in [6.45, 7) is 0.0296. The Kier molecular flexibility index (Phi) is 5.72. The number of halogens is 3. The van der Waals surface area contributed by atoms with Gasteiger partial charge in [-0.3, -0.25) is 4.98 Å². The number of aromatic nitrogens is 6. The topological polar surface area (TPSA) is 103 Å². The number of rotatable bonds is 7. The van der Waals surface area contributed by atoms with E-state index in [4.69, 9.17) is 16.3 Å². The lowest BCUT2D eigenvalue weighted by atomic mass is 10.2. The highest BCUT2D eigenvalue weighted by atomic mass is 35.5. The van der Waals surface area contributed by atoms with Gasteiger partial charge in [0.2, 0.25) is 17.2 Å². The van der Waals surface area contributed by atoms with Gasteiger partial charge in [-0.1, -0.05) is 0 Å². The minimum Gasteiger partial charge on any atom is -0.382 e. The summed E-state index contributed by atoms with van der Waals surface area (Å²) >= 11 is 5.94. The third kappa shape index (κ3) is 4.83. The van der Waals surface area contributed by atoms with E-state index in [-0.39, 0.29) is 29.5 Å². The fourth-order valence-electron chi connectivity index (χ4n) is 2.26. The van der Waals surface area contributed by atoms with Crippen molar-refractivity contribution in [3.8, 4) is 0 Å². The van der Waals surface area contributed by atoms with Crippen molar-refractivity contribution in [2.75, 3.05) is 24.4 Å². The Bertz CT molecular complexity index is 938. The van der Waals surface area contributed by atoms with Crippen molar-refractivity contribution in [3.05, 3.63) is 47.4 Å². The maximum absolute atomic E-state index is 14.1. The third-order valence-electron chi connectivity index (χ3n) is 3.36. The molecule has 142 valence electrons. The molecule has 12 heteroatoms. The Balaban J connectivity index is 1.85. The minimum atomic E-state index is -0.823. The van der Waals surface area contributed by atoms with Crippen LogP contribution in [0.25, 0.3) is 0 Å². The van der Waals surface area contributed by atoms with E-state index in [0.29, 0.717) is 5.82 Å². The number of anilines is 3. The molecule has 27 heavy (non-hydrogen) atoms. The molecule has 0 saturated heterocycles. The minimum absolute atomic E-state index is 0.0296. The van der Waals surface area contributed by atoms with Gasteiger partial charge in [0.15, 0.2) is 5.82 Å². The number of pyridine rings is 1. The second-order valence-corrected chi connectivity index (χ2v) is 5.81. The zero-order chi connectivity index (χ0) is 19.4. The van der Waals surface area contributed by atoms with Crippen molar-refractivity contribution < 1.29 is 13.5 Å². The lowest BCUT2D eigenvalue weighted by molar-refractivity contribution is 0.183. The van der Waals surface area contributed by atoms with E-state index in [0.717, 1.165) is 12.3 Å². The van der Waals surface area contributed by atoms with Crippen molar-refractivity contribution in [2.45, 2.75) is 6.04 Å². The molecular weight excluding hydrogens is 382 g/mol. The standard InChI is InChI=1S/C15H15ClF2N8O/c1-26-5-11(20-7-26)22-15-24-13(16)23-14(25-15)21-10(6-27-2)12-9(18)3-8(17)4-19-12/h3-5,7,10H,6H2,1-2H3,(H2,21,22,23,24,25). The van der Waals surface area contributed by atoms with Crippen molar-refractivity contribution in [1.29, 1.82) is 0 Å². The molecule has 3 rings (SSSR count). The Labute approximate surface area is 157 Å². The van der Waals surface area contributed by atoms with Gasteiger partial charge >= 0.3 is 0 Å². The molecule has 9 nitrogen and oxygen atoms in total. The number of ether oxygens (including phenoxy) is 1. The lowest BCUT2D eigenvalue weighted by Crippen LogP contribution is -2.21. The Morgan fingerprint density at radius 1 is 1.22 bits per heavy atom. The quantitative estimate of drug-likeness (QED) is 0.628. The van der Waals surface area contributed by atoms with E-state index in [9.17, 15) is 8.78 Å². The van der Waals surface area contributed by atoms with Crippen LogP contribution in [0.5, 0.6) is 0 Å². The molecule has 0 bridgehead atoms. The van der Waals surface area contributed by atoms with Crippen LogP contribution in [0.3, 0.4) is 0 Å². The number of nitrogens with one attached hydrogen (secondary N) is 2. The fourth-order valence-corrected chi connectivity index (χ4v) is 2.42. The summed E-state index contributed by atoms with van der Waals surface area (Å²) in [5.41, 5.74) is -0.0472.